The van der Waals surface area contributed by atoms with Crippen LogP contribution in [-0.4, -0.2) is 25.9 Å². The molecule has 1 aromatic rings. The molecule has 1 aromatic carbocycles. The van der Waals surface area contributed by atoms with E-state index in [0.29, 0.717) is 6.10 Å². The van der Waals surface area contributed by atoms with Crippen molar-refractivity contribution >= 4 is 11.6 Å². The van der Waals surface area contributed by atoms with Gasteiger partial charge in [0.15, 0.2) is 0 Å². The highest BCUT2D eigenvalue weighted by molar-refractivity contribution is 6.30. The maximum Gasteiger partial charge on any atom is 0.122 e. The van der Waals surface area contributed by atoms with Gasteiger partial charge < -0.3 is 9.47 Å². The molecule has 0 amide bonds. The fourth-order valence-electron chi connectivity index (χ4n) is 2.68. The summed E-state index contributed by atoms with van der Waals surface area (Å²) in [6.45, 7) is 0.896. The third-order valence-corrected chi connectivity index (χ3v) is 4.04. The Bertz CT molecular complexity index is 422. The number of benzene rings is 1. The minimum atomic E-state index is 0.201. The van der Waals surface area contributed by atoms with Gasteiger partial charge in [0.25, 0.3) is 0 Å². The van der Waals surface area contributed by atoms with Crippen LogP contribution < -0.4 is 16.0 Å². The van der Waals surface area contributed by atoms with Crippen LogP contribution in [0.25, 0.3) is 0 Å². The predicted octanol–water partition coefficient (Wildman–Crippen LogP) is 2.68. The van der Waals surface area contributed by atoms with Crippen molar-refractivity contribution in [3.05, 3.63) is 28.8 Å². The molecule has 0 aromatic heterocycles. The van der Waals surface area contributed by atoms with Gasteiger partial charge >= 0.3 is 0 Å². The van der Waals surface area contributed by atoms with E-state index in [4.69, 9.17) is 26.9 Å². The predicted molar refractivity (Wildman–Crippen MR) is 81.0 cm³/mol. The summed E-state index contributed by atoms with van der Waals surface area (Å²) in [5, 5.41) is 0.718. The van der Waals surface area contributed by atoms with Gasteiger partial charge in [0.05, 0.1) is 13.2 Å². The molecule has 2 atom stereocenters. The summed E-state index contributed by atoms with van der Waals surface area (Å²) in [5.74, 6) is 6.52. The molecule has 0 spiro atoms. The third-order valence-electron chi connectivity index (χ3n) is 3.81. The summed E-state index contributed by atoms with van der Waals surface area (Å²) in [6.07, 6.45) is 5.56. The van der Waals surface area contributed by atoms with Crippen molar-refractivity contribution in [3.8, 4) is 5.75 Å². The van der Waals surface area contributed by atoms with Crippen molar-refractivity contribution in [1.82, 2.24) is 5.43 Å². The Morgan fingerprint density at radius 2 is 2.40 bits per heavy atom. The minimum absolute atomic E-state index is 0.201. The smallest absolute Gasteiger partial charge is 0.122 e. The van der Waals surface area contributed by atoms with E-state index in [9.17, 15) is 0 Å². The zero-order valence-electron chi connectivity index (χ0n) is 11.9. The largest absolute Gasteiger partial charge is 0.496 e. The Morgan fingerprint density at radius 3 is 3.05 bits per heavy atom. The molecule has 0 aliphatic carbocycles. The molecule has 0 saturated carbocycles. The molecule has 2 rings (SSSR count). The van der Waals surface area contributed by atoms with E-state index in [-0.39, 0.29) is 6.04 Å². The van der Waals surface area contributed by atoms with Crippen LogP contribution in [0.2, 0.25) is 5.02 Å². The molecule has 5 heteroatoms. The number of hydrogen-bond acceptors (Lipinski definition) is 4. The number of halogens is 1. The number of hydrogen-bond donors (Lipinski definition) is 2. The van der Waals surface area contributed by atoms with Crippen LogP contribution in [0, 0.1) is 0 Å². The second kappa shape index (κ2) is 7.84. The highest BCUT2D eigenvalue weighted by Crippen LogP contribution is 2.25. The van der Waals surface area contributed by atoms with Crippen LogP contribution in [0.1, 0.15) is 31.2 Å². The lowest BCUT2D eigenvalue weighted by atomic mass is 9.99. The maximum absolute atomic E-state index is 6.05. The molecule has 0 radical (unpaired) electrons. The number of hydrazine groups is 1. The first-order chi connectivity index (χ1) is 9.72. The Balaban J connectivity index is 1.92. The zero-order chi connectivity index (χ0) is 14.4. The van der Waals surface area contributed by atoms with E-state index < -0.39 is 0 Å². The normalized spacial score (nSPS) is 20.1. The highest BCUT2D eigenvalue weighted by atomic mass is 35.5. The Morgan fingerprint density at radius 1 is 1.55 bits per heavy atom. The van der Waals surface area contributed by atoms with Crippen molar-refractivity contribution in [1.29, 1.82) is 0 Å². The minimum Gasteiger partial charge on any atom is -0.496 e. The first-order valence-electron chi connectivity index (χ1n) is 7.13. The van der Waals surface area contributed by atoms with Crippen molar-refractivity contribution in [2.45, 2.75) is 44.2 Å². The lowest BCUT2D eigenvalue weighted by Gasteiger charge is -2.19. The summed E-state index contributed by atoms with van der Waals surface area (Å²) in [5.41, 5.74) is 3.97. The van der Waals surface area contributed by atoms with Gasteiger partial charge in [-0.2, -0.15) is 0 Å². The molecule has 1 aliphatic heterocycles. The lowest BCUT2D eigenvalue weighted by Crippen LogP contribution is -2.37. The Kier molecular flexibility index (Phi) is 6.10. The maximum atomic E-state index is 6.05. The Hall–Kier alpha value is -0.810. The molecule has 20 heavy (non-hydrogen) atoms. The third kappa shape index (κ3) is 4.35. The summed E-state index contributed by atoms with van der Waals surface area (Å²) in [7, 11) is 1.67. The highest BCUT2D eigenvalue weighted by Gasteiger charge is 2.18. The molecular weight excluding hydrogens is 276 g/mol. The van der Waals surface area contributed by atoms with Gasteiger partial charge in [0.1, 0.15) is 5.75 Å². The molecule has 1 fully saturated rings. The number of rotatable bonds is 7. The lowest BCUT2D eigenvalue weighted by molar-refractivity contribution is 0.0995. The van der Waals surface area contributed by atoms with E-state index in [2.05, 4.69) is 5.43 Å². The summed E-state index contributed by atoms with van der Waals surface area (Å²) < 4.78 is 11.0. The van der Waals surface area contributed by atoms with Gasteiger partial charge in [-0.05, 0) is 55.9 Å². The van der Waals surface area contributed by atoms with Crippen LogP contribution >= 0.6 is 11.6 Å². The summed E-state index contributed by atoms with van der Waals surface area (Å²) in [4.78, 5) is 0. The van der Waals surface area contributed by atoms with Gasteiger partial charge in [-0.1, -0.05) is 11.6 Å². The van der Waals surface area contributed by atoms with Crippen molar-refractivity contribution in [2.24, 2.45) is 5.84 Å². The fourth-order valence-corrected chi connectivity index (χ4v) is 2.87. The molecule has 1 aliphatic rings. The van der Waals surface area contributed by atoms with Crippen LogP contribution in [0.5, 0.6) is 5.75 Å². The van der Waals surface area contributed by atoms with Gasteiger partial charge in [-0.3, -0.25) is 11.3 Å². The SMILES string of the molecule is COc1ccc(Cl)cc1CC(CCC1CCCO1)NN. The average molecular weight is 299 g/mol. The van der Waals surface area contributed by atoms with E-state index in [1.807, 2.05) is 18.2 Å². The first kappa shape index (κ1) is 15.6. The van der Waals surface area contributed by atoms with Gasteiger partial charge in [0, 0.05) is 17.7 Å². The molecule has 1 saturated heterocycles. The molecule has 4 nitrogen and oxygen atoms in total. The second-order valence-corrected chi connectivity index (χ2v) is 5.67. The van der Waals surface area contributed by atoms with Crippen LogP contribution in [-0.2, 0) is 11.2 Å². The van der Waals surface area contributed by atoms with E-state index in [1.165, 1.54) is 6.42 Å². The quantitative estimate of drug-likeness (QED) is 0.600. The van der Waals surface area contributed by atoms with Crippen LogP contribution in [0.4, 0.5) is 0 Å². The average Bonchev–Trinajstić information content (AvgIpc) is 2.97. The van der Waals surface area contributed by atoms with Crippen molar-refractivity contribution in [2.75, 3.05) is 13.7 Å². The molecule has 1 heterocycles. The topological polar surface area (TPSA) is 56.5 Å². The Labute approximate surface area is 125 Å². The number of nitrogens with one attached hydrogen (secondary N) is 1. The number of nitrogens with two attached hydrogens (primary N) is 1. The zero-order valence-corrected chi connectivity index (χ0v) is 12.7. The van der Waals surface area contributed by atoms with Crippen molar-refractivity contribution < 1.29 is 9.47 Å². The van der Waals surface area contributed by atoms with Gasteiger partial charge in [-0.25, -0.2) is 0 Å². The van der Waals surface area contributed by atoms with Crippen LogP contribution in [0.15, 0.2) is 18.2 Å². The molecule has 0 bridgehead atoms. The van der Waals surface area contributed by atoms with Gasteiger partial charge in [-0.15, -0.1) is 0 Å². The number of methoxy groups -OCH3 is 1. The van der Waals surface area contributed by atoms with Gasteiger partial charge in [0.2, 0.25) is 0 Å². The molecule has 3 N–H and O–H groups in total. The van der Waals surface area contributed by atoms with Crippen LogP contribution in [0.3, 0.4) is 0 Å². The standard InChI is InChI=1S/C15H23ClN2O2/c1-19-15-7-4-12(16)9-11(15)10-13(18-17)5-6-14-3-2-8-20-14/h4,7,9,13-14,18H,2-3,5-6,8,10,17H2,1H3. The molecular formula is C15H23ClN2O2. The number of ether oxygens (including phenoxy) is 2. The second-order valence-electron chi connectivity index (χ2n) is 5.24. The monoisotopic (exact) mass is 298 g/mol. The van der Waals surface area contributed by atoms with Crippen molar-refractivity contribution in [3.63, 3.8) is 0 Å². The van der Waals surface area contributed by atoms with E-state index >= 15 is 0 Å². The summed E-state index contributed by atoms with van der Waals surface area (Å²) >= 11 is 6.05. The molecule has 2 unspecified atom stereocenters. The molecule has 112 valence electrons. The first-order valence-corrected chi connectivity index (χ1v) is 7.51. The van der Waals surface area contributed by atoms with E-state index in [1.54, 1.807) is 7.11 Å². The fraction of sp³-hybridized carbons (Fsp3) is 0.600. The van der Waals surface area contributed by atoms with E-state index in [0.717, 1.165) is 48.6 Å². The summed E-state index contributed by atoms with van der Waals surface area (Å²) in [6, 6.07) is 5.87.